The van der Waals surface area contributed by atoms with Crippen LogP contribution >= 0.6 is 0 Å². The molecular formula is C17H23NO4. The molecule has 0 saturated carbocycles. The number of fused-ring (bicyclic) bond motifs is 1. The molecular weight excluding hydrogens is 282 g/mol. The van der Waals surface area contributed by atoms with Crippen LogP contribution in [0.1, 0.15) is 37.2 Å². The van der Waals surface area contributed by atoms with Gasteiger partial charge in [-0.2, -0.15) is 0 Å². The van der Waals surface area contributed by atoms with Gasteiger partial charge < -0.3 is 19.5 Å². The fourth-order valence-corrected chi connectivity index (χ4v) is 3.31. The van der Waals surface area contributed by atoms with Crippen LogP contribution < -0.4 is 14.8 Å². The summed E-state index contributed by atoms with van der Waals surface area (Å²) in [6, 6.07) is 5.99. The van der Waals surface area contributed by atoms with E-state index in [4.69, 9.17) is 14.2 Å². The van der Waals surface area contributed by atoms with Gasteiger partial charge in [-0.25, -0.2) is 0 Å². The van der Waals surface area contributed by atoms with Gasteiger partial charge in [0.1, 0.15) is 0 Å². The highest BCUT2D eigenvalue weighted by atomic mass is 16.7. The van der Waals surface area contributed by atoms with Crippen molar-refractivity contribution < 1.29 is 19.0 Å². The van der Waals surface area contributed by atoms with Gasteiger partial charge in [0.05, 0.1) is 13.5 Å². The van der Waals surface area contributed by atoms with Crippen LogP contribution in [0.2, 0.25) is 0 Å². The number of carbonyl (C=O) groups excluding carboxylic acids is 1. The molecule has 0 aliphatic carbocycles. The molecule has 2 aliphatic heterocycles. The maximum Gasteiger partial charge on any atom is 0.306 e. The Balaban J connectivity index is 1.76. The van der Waals surface area contributed by atoms with E-state index in [1.54, 1.807) is 0 Å². The molecule has 0 spiro atoms. The summed E-state index contributed by atoms with van der Waals surface area (Å²) in [5, 5.41) is 3.39. The van der Waals surface area contributed by atoms with Gasteiger partial charge in [0.15, 0.2) is 11.5 Å². The Kier molecular flexibility index (Phi) is 4.83. The molecule has 2 aliphatic rings. The number of carbonyl (C=O) groups is 1. The number of hydrogen-bond acceptors (Lipinski definition) is 5. The summed E-state index contributed by atoms with van der Waals surface area (Å²) in [5.41, 5.74) is 1.13. The lowest BCUT2D eigenvalue weighted by Crippen LogP contribution is -2.29. The van der Waals surface area contributed by atoms with E-state index in [1.165, 1.54) is 20.0 Å². The standard InChI is InChI=1S/C17H23NO4/c1-20-17(19)10-14(8-12-4-6-18-7-5-12)13-2-3-15-16(9-13)22-11-21-15/h2-3,9,12,14,18H,4-8,10-11H2,1H3. The normalized spacial score (nSPS) is 19.0. The molecule has 1 unspecified atom stereocenters. The first kappa shape index (κ1) is 15.2. The van der Waals surface area contributed by atoms with Crippen molar-refractivity contribution in [2.75, 3.05) is 27.0 Å². The molecule has 22 heavy (non-hydrogen) atoms. The van der Waals surface area contributed by atoms with E-state index in [2.05, 4.69) is 5.32 Å². The van der Waals surface area contributed by atoms with Crippen molar-refractivity contribution in [3.63, 3.8) is 0 Å². The van der Waals surface area contributed by atoms with E-state index < -0.39 is 0 Å². The second-order valence-corrected chi connectivity index (χ2v) is 6.02. The zero-order chi connectivity index (χ0) is 15.4. The first-order valence-corrected chi connectivity index (χ1v) is 7.93. The summed E-state index contributed by atoms with van der Waals surface area (Å²) in [5.74, 6) is 2.23. The molecule has 1 fully saturated rings. The van der Waals surface area contributed by atoms with Gasteiger partial charge in [0.2, 0.25) is 6.79 Å². The monoisotopic (exact) mass is 305 g/mol. The molecule has 2 heterocycles. The quantitative estimate of drug-likeness (QED) is 0.847. The lowest BCUT2D eigenvalue weighted by Gasteiger charge is -2.27. The summed E-state index contributed by atoms with van der Waals surface area (Å²) < 4.78 is 15.7. The van der Waals surface area contributed by atoms with Crippen LogP contribution in [0, 0.1) is 5.92 Å². The molecule has 1 aromatic carbocycles. The van der Waals surface area contributed by atoms with Crippen molar-refractivity contribution in [1.82, 2.24) is 5.32 Å². The van der Waals surface area contributed by atoms with Crippen LogP contribution in [0.5, 0.6) is 11.5 Å². The SMILES string of the molecule is COC(=O)CC(CC1CCNCC1)c1ccc2c(c1)OCO2. The van der Waals surface area contributed by atoms with Gasteiger partial charge in [0.25, 0.3) is 0 Å². The average Bonchev–Trinajstić information content (AvgIpc) is 3.02. The molecule has 1 atom stereocenters. The molecule has 3 rings (SSSR count). The highest BCUT2D eigenvalue weighted by Gasteiger charge is 2.24. The second kappa shape index (κ2) is 7.01. The third kappa shape index (κ3) is 3.53. The minimum atomic E-state index is -0.156. The lowest BCUT2D eigenvalue weighted by molar-refractivity contribution is -0.141. The summed E-state index contributed by atoms with van der Waals surface area (Å²) >= 11 is 0. The number of hydrogen-bond donors (Lipinski definition) is 1. The lowest BCUT2D eigenvalue weighted by atomic mass is 9.82. The molecule has 0 radical (unpaired) electrons. The van der Waals surface area contributed by atoms with Gasteiger partial charge in [-0.1, -0.05) is 6.07 Å². The molecule has 5 heteroatoms. The Labute approximate surface area is 130 Å². The van der Waals surface area contributed by atoms with Crippen LogP contribution in [0.3, 0.4) is 0 Å². The maximum atomic E-state index is 11.8. The van der Waals surface area contributed by atoms with Gasteiger partial charge in [0, 0.05) is 0 Å². The molecule has 1 saturated heterocycles. The fraction of sp³-hybridized carbons (Fsp3) is 0.588. The Morgan fingerprint density at radius 2 is 2.09 bits per heavy atom. The van der Waals surface area contributed by atoms with E-state index in [-0.39, 0.29) is 18.7 Å². The minimum Gasteiger partial charge on any atom is -0.469 e. The molecule has 120 valence electrons. The van der Waals surface area contributed by atoms with Crippen molar-refractivity contribution >= 4 is 5.97 Å². The Morgan fingerprint density at radius 1 is 1.32 bits per heavy atom. The largest absolute Gasteiger partial charge is 0.469 e. The zero-order valence-corrected chi connectivity index (χ0v) is 13.0. The second-order valence-electron chi connectivity index (χ2n) is 6.02. The van der Waals surface area contributed by atoms with Crippen molar-refractivity contribution in [2.24, 2.45) is 5.92 Å². The zero-order valence-electron chi connectivity index (χ0n) is 13.0. The topological polar surface area (TPSA) is 56.8 Å². The van der Waals surface area contributed by atoms with Crippen molar-refractivity contribution in [3.05, 3.63) is 23.8 Å². The smallest absolute Gasteiger partial charge is 0.306 e. The summed E-state index contributed by atoms with van der Waals surface area (Å²) in [4.78, 5) is 11.8. The number of ether oxygens (including phenoxy) is 3. The number of methoxy groups -OCH3 is 1. The third-order valence-corrected chi connectivity index (χ3v) is 4.59. The first-order chi connectivity index (χ1) is 10.8. The predicted molar refractivity (Wildman–Crippen MR) is 82.1 cm³/mol. The maximum absolute atomic E-state index is 11.8. The van der Waals surface area contributed by atoms with E-state index in [0.717, 1.165) is 36.6 Å². The number of rotatable bonds is 5. The van der Waals surface area contributed by atoms with Crippen LogP contribution in [-0.2, 0) is 9.53 Å². The molecule has 0 aromatic heterocycles. The molecule has 0 bridgehead atoms. The third-order valence-electron chi connectivity index (χ3n) is 4.59. The molecule has 0 amide bonds. The number of esters is 1. The van der Waals surface area contributed by atoms with Crippen LogP contribution in [0.25, 0.3) is 0 Å². The van der Waals surface area contributed by atoms with Crippen molar-refractivity contribution in [2.45, 2.75) is 31.6 Å². The van der Waals surface area contributed by atoms with Crippen molar-refractivity contribution in [3.8, 4) is 11.5 Å². The van der Waals surface area contributed by atoms with E-state index in [0.29, 0.717) is 12.3 Å². The van der Waals surface area contributed by atoms with Gasteiger partial charge >= 0.3 is 5.97 Å². The number of piperidine rings is 1. The summed E-state index contributed by atoms with van der Waals surface area (Å²) in [6.45, 7) is 2.41. The van der Waals surface area contributed by atoms with E-state index in [9.17, 15) is 4.79 Å². The molecule has 1 N–H and O–H groups in total. The highest BCUT2D eigenvalue weighted by Crippen LogP contribution is 2.38. The number of benzene rings is 1. The Bertz CT molecular complexity index is 525. The minimum absolute atomic E-state index is 0.156. The average molecular weight is 305 g/mol. The first-order valence-electron chi connectivity index (χ1n) is 7.93. The fourth-order valence-electron chi connectivity index (χ4n) is 3.31. The van der Waals surface area contributed by atoms with Gasteiger partial charge in [-0.3, -0.25) is 4.79 Å². The van der Waals surface area contributed by atoms with E-state index in [1.807, 2.05) is 18.2 Å². The predicted octanol–water partition coefficient (Wildman–Crippen LogP) is 2.45. The van der Waals surface area contributed by atoms with Crippen molar-refractivity contribution in [1.29, 1.82) is 0 Å². The van der Waals surface area contributed by atoms with Crippen LogP contribution in [-0.4, -0.2) is 33.0 Å². The van der Waals surface area contributed by atoms with Gasteiger partial charge in [-0.05, 0) is 61.9 Å². The van der Waals surface area contributed by atoms with Crippen LogP contribution in [0.15, 0.2) is 18.2 Å². The Hall–Kier alpha value is -1.75. The summed E-state index contributed by atoms with van der Waals surface area (Å²) in [7, 11) is 1.45. The number of nitrogens with one attached hydrogen (secondary N) is 1. The van der Waals surface area contributed by atoms with E-state index >= 15 is 0 Å². The Morgan fingerprint density at radius 3 is 2.86 bits per heavy atom. The van der Waals surface area contributed by atoms with Crippen LogP contribution in [0.4, 0.5) is 0 Å². The van der Waals surface area contributed by atoms with Gasteiger partial charge in [-0.15, -0.1) is 0 Å². The summed E-state index contributed by atoms with van der Waals surface area (Å²) in [6.07, 6.45) is 3.76. The molecule has 5 nitrogen and oxygen atoms in total. The molecule has 1 aromatic rings. The highest BCUT2D eigenvalue weighted by molar-refractivity contribution is 5.70.